The van der Waals surface area contributed by atoms with Crippen LogP contribution < -0.4 is 4.74 Å². The molecule has 6 rings (SSSR count). The molecule has 7 heteroatoms. The van der Waals surface area contributed by atoms with E-state index in [1.165, 1.54) is 25.9 Å². The summed E-state index contributed by atoms with van der Waals surface area (Å²) in [6.07, 6.45) is 10.1. The summed E-state index contributed by atoms with van der Waals surface area (Å²) in [5, 5.41) is 6.65. The molecule has 1 aliphatic rings. The summed E-state index contributed by atoms with van der Waals surface area (Å²) in [6.45, 7) is 4.08. The molecule has 1 aliphatic heterocycles. The fraction of sp³-hybridized carbons (Fsp3) is 0.241. The van der Waals surface area contributed by atoms with Crippen LogP contribution in [0.4, 0.5) is 0 Å². The lowest BCUT2D eigenvalue weighted by Gasteiger charge is -2.15. The van der Waals surface area contributed by atoms with E-state index in [9.17, 15) is 4.21 Å². The van der Waals surface area contributed by atoms with E-state index in [0.29, 0.717) is 6.61 Å². The first-order valence-electron chi connectivity index (χ1n) is 12.3. The fourth-order valence-electron chi connectivity index (χ4n) is 5.01. The number of likely N-dealkylation sites (tertiary alicyclic amines) is 1. The maximum Gasteiger partial charge on any atom is 0.162 e. The van der Waals surface area contributed by atoms with E-state index in [1.54, 1.807) is 6.26 Å². The van der Waals surface area contributed by atoms with Crippen LogP contribution in [0.3, 0.4) is 0 Å². The van der Waals surface area contributed by atoms with Crippen molar-refractivity contribution in [3.8, 4) is 28.0 Å². The van der Waals surface area contributed by atoms with Crippen molar-refractivity contribution in [3.05, 3.63) is 79.3 Å². The molecule has 0 N–H and O–H groups in total. The van der Waals surface area contributed by atoms with Crippen molar-refractivity contribution in [2.45, 2.75) is 17.7 Å². The molecule has 0 amide bonds. The second kappa shape index (κ2) is 9.84. The van der Waals surface area contributed by atoms with Gasteiger partial charge in [0.15, 0.2) is 5.65 Å². The average molecular weight is 497 g/mol. The van der Waals surface area contributed by atoms with Crippen molar-refractivity contribution >= 4 is 27.2 Å². The number of ether oxygens (including phenoxy) is 1. The zero-order chi connectivity index (χ0) is 24.5. The number of fused-ring (bicyclic) bond motifs is 2. The second-order valence-corrected chi connectivity index (χ2v) is 10.5. The SMILES string of the molecule is CS(=O)c1ccc(-c2cnn3cc(-c4ccc(OCCN5CCCC5)cc4)cnc23)c2ccccc12. The maximum absolute atomic E-state index is 12.2. The Hall–Kier alpha value is -3.55. The zero-order valence-electron chi connectivity index (χ0n) is 20.3. The van der Waals surface area contributed by atoms with Crippen LogP contribution in [0.5, 0.6) is 5.75 Å². The van der Waals surface area contributed by atoms with Crippen molar-refractivity contribution < 1.29 is 8.95 Å². The van der Waals surface area contributed by atoms with Crippen molar-refractivity contribution in [1.82, 2.24) is 19.5 Å². The topological polar surface area (TPSA) is 59.7 Å². The predicted octanol–water partition coefficient (Wildman–Crippen LogP) is 5.43. The smallest absolute Gasteiger partial charge is 0.162 e. The first-order valence-corrected chi connectivity index (χ1v) is 13.9. The summed E-state index contributed by atoms with van der Waals surface area (Å²) in [7, 11) is -1.06. The van der Waals surface area contributed by atoms with Crippen molar-refractivity contribution in [1.29, 1.82) is 0 Å². The molecule has 0 aliphatic carbocycles. The van der Waals surface area contributed by atoms with Crippen LogP contribution in [0.1, 0.15) is 12.8 Å². The van der Waals surface area contributed by atoms with Gasteiger partial charge in [-0.2, -0.15) is 5.10 Å². The number of benzene rings is 3. The van der Waals surface area contributed by atoms with Crippen LogP contribution in [0.15, 0.2) is 84.1 Å². The third-order valence-electron chi connectivity index (χ3n) is 6.90. The molecule has 0 bridgehead atoms. The molecule has 1 unspecified atom stereocenters. The Morgan fingerprint density at radius 1 is 0.889 bits per heavy atom. The largest absolute Gasteiger partial charge is 0.492 e. The lowest BCUT2D eigenvalue weighted by atomic mass is 10.00. The van der Waals surface area contributed by atoms with E-state index in [0.717, 1.165) is 55.9 Å². The number of hydrogen-bond donors (Lipinski definition) is 0. The number of rotatable bonds is 7. The molecule has 5 aromatic rings. The molecule has 3 aromatic carbocycles. The molecule has 0 saturated carbocycles. The van der Waals surface area contributed by atoms with Crippen LogP contribution in [-0.4, -0.2) is 56.2 Å². The van der Waals surface area contributed by atoms with Gasteiger partial charge in [-0.3, -0.25) is 9.11 Å². The molecule has 182 valence electrons. The summed E-state index contributed by atoms with van der Waals surface area (Å²) in [5.74, 6) is 0.886. The van der Waals surface area contributed by atoms with Crippen molar-refractivity contribution in [2.24, 2.45) is 0 Å². The molecule has 6 nitrogen and oxygen atoms in total. The van der Waals surface area contributed by atoms with Gasteiger partial charge in [0, 0.05) is 41.2 Å². The summed E-state index contributed by atoms with van der Waals surface area (Å²) in [5.41, 5.74) is 4.82. The minimum Gasteiger partial charge on any atom is -0.492 e. The standard InChI is InChI=1S/C29H28N4O2S/c1-36(34)28-13-12-25(24-6-2-3-7-26(24)28)27-19-31-33-20-22(18-30-29(27)33)21-8-10-23(11-9-21)35-17-16-32-14-4-5-15-32/h2-3,6-13,18-20H,4-5,14-17H2,1H3. The van der Waals surface area contributed by atoms with E-state index >= 15 is 0 Å². The molecule has 1 atom stereocenters. The van der Waals surface area contributed by atoms with Gasteiger partial charge in [-0.1, -0.05) is 42.5 Å². The van der Waals surface area contributed by atoms with Gasteiger partial charge in [0.1, 0.15) is 12.4 Å². The highest BCUT2D eigenvalue weighted by molar-refractivity contribution is 7.84. The lowest BCUT2D eigenvalue weighted by molar-refractivity contribution is 0.238. The Labute approximate surface area is 213 Å². The summed E-state index contributed by atoms with van der Waals surface area (Å²) < 4.78 is 20.0. The Morgan fingerprint density at radius 3 is 2.44 bits per heavy atom. The first kappa shape index (κ1) is 22.9. The van der Waals surface area contributed by atoms with Crippen LogP contribution in [0, 0.1) is 0 Å². The molecule has 0 spiro atoms. The summed E-state index contributed by atoms with van der Waals surface area (Å²) >= 11 is 0. The van der Waals surface area contributed by atoms with Crippen LogP contribution in [0.2, 0.25) is 0 Å². The first-order chi connectivity index (χ1) is 17.7. The minimum atomic E-state index is -1.06. The molecular formula is C29H28N4O2S. The van der Waals surface area contributed by atoms with Crippen LogP contribution >= 0.6 is 0 Å². The van der Waals surface area contributed by atoms with Gasteiger partial charge in [-0.05, 0) is 66.0 Å². The van der Waals surface area contributed by atoms with Crippen LogP contribution in [-0.2, 0) is 10.8 Å². The Morgan fingerprint density at radius 2 is 1.67 bits per heavy atom. The van der Waals surface area contributed by atoms with Crippen molar-refractivity contribution in [2.75, 3.05) is 32.5 Å². The highest BCUT2D eigenvalue weighted by Gasteiger charge is 2.15. The second-order valence-electron chi connectivity index (χ2n) is 9.20. The van der Waals surface area contributed by atoms with Gasteiger partial charge in [-0.15, -0.1) is 0 Å². The van der Waals surface area contributed by atoms with E-state index < -0.39 is 10.8 Å². The monoisotopic (exact) mass is 496 g/mol. The normalized spacial score (nSPS) is 15.0. The van der Waals surface area contributed by atoms with E-state index in [2.05, 4.69) is 28.2 Å². The third kappa shape index (κ3) is 4.40. The van der Waals surface area contributed by atoms with E-state index in [-0.39, 0.29) is 0 Å². The number of aromatic nitrogens is 3. The average Bonchev–Trinajstić information content (AvgIpc) is 3.58. The Kier molecular flexibility index (Phi) is 6.25. The van der Waals surface area contributed by atoms with Crippen LogP contribution in [0.25, 0.3) is 38.7 Å². The highest BCUT2D eigenvalue weighted by atomic mass is 32.2. The summed E-state index contributed by atoms with van der Waals surface area (Å²) in [4.78, 5) is 8.07. The van der Waals surface area contributed by atoms with E-state index in [1.807, 2.05) is 65.6 Å². The molecule has 2 aromatic heterocycles. The Balaban J connectivity index is 1.26. The Bertz CT molecular complexity index is 1560. The summed E-state index contributed by atoms with van der Waals surface area (Å²) in [6, 6.07) is 20.2. The third-order valence-corrected chi connectivity index (χ3v) is 7.88. The lowest BCUT2D eigenvalue weighted by Crippen LogP contribution is -2.25. The van der Waals surface area contributed by atoms with Gasteiger partial charge < -0.3 is 4.74 Å². The fourth-order valence-corrected chi connectivity index (χ4v) is 5.76. The molecule has 1 fully saturated rings. The van der Waals surface area contributed by atoms with Gasteiger partial charge in [0.2, 0.25) is 0 Å². The molecule has 0 radical (unpaired) electrons. The van der Waals surface area contributed by atoms with Crippen molar-refractivity contribution in [3.63, 3.8) is 0 Å². The van der Waals surface area contributed by atoms with Gasteiger partial charge in [-0.25, -0.2) is 9.50 Å². The van der Waals surface area contributed by atoms with E-state index in [4.69, 9.17) is 9.72 Å². The number of nitrogens with zero attached hydrogens (tertiary/aromatic N) is 4. The molecule has 1 saturated heterocycles. The van der Waals surface area contributed by atoms with Gasteiger partial charge >= 0.3 is 0 Å². The highest BCUT2D eigenvalue weighted by Crippen LogP contribution is 2.34. The van der Waals surface area contributed by atoms with Gasteiger partial charge in [0.25, 0.3) is 0 Å². The molecular weight excluding hydrogens is 468 g/mol. The quantitative estimate of drug-likeness (QED) is 0.301. The predicted molar refractivity (Wildman–Crippen MR) is 145 cm³/mol. The molecule has 3 heterocycles. The molecule has 36 heavy (non-hydrogen) atoms. The minimum absolute atomic E-state index is 0.715. The maximum atomic E-state index is 12.2. The number of hydrogen-bond acceptors (Lipinski definition) is 5. The van der Waals surface area contributed by atoms with Gasteiger partial charge in [0.05, 0.1) is 17.0 Å². The zero-order valence-corrected chi connectivity index (χ0v) is 21.1.